The summed E-state index contributed by atoms with van der Waals surface area (Å²) in [5.41, 5.74) is 1.33. The van der Waals surface area contributed by atoms with Gasteiger partial charge in [-0.25, -0.2) is 0 Å². The van der Waals surface area contributed by atoms with Crippen LogP contribution in [0.4, 0.5) is 0 Å². The first-order chi connectivity index (χ1) is 7.79. The van der Waals surface area contributed by atoms with Crippen molar-refractivity contribution in [1.29, 1.82) is 0 Å². The van der Waals surface area contributed by atoms with Crippen molar-refractivity contribution in [1.82, 2.24) is 5.32 Å². The van der Waals surface area contributed by atoms with E-state index in [0.29, 0.717) is 6.04 Å². The molecule has 0 aliphatic carbocycles. The fourth-order valence-electron chi connectivity index (χ4n) is 1.94. The zero-order valence-electron chi connectivity index (χ0n) is 9.90. The van der Waals surface area contributed by atoms with Gasteiger partial charge in [0, 0.05) is 17.0 Å². The molecule has 0 bridgehead atoms. The van der Waals surface area contributed by atoms with Gasteiger partial charge in [-0.05, 0) is 30.7 Å². The van der Waals surface area contributed by atoms with Gasteiger partial charge in [0.2, 0.25) is 0 Å². The van der Waals surface area contributed by atoms with Crippen molar-refractivity contribution in [2.45, 2.75) is 24.6 Å². The summed E-state index contributed by atoms with van der Waals surface area (Å²) in [6, 6.07) is 8.83. The Hall–Kier alpha value is -0.670. The van der Waals surface area contributed by atoms with Crippen LogP contribution in [0.5, 0.6) is 5.75 Å². The molecular formula is C13H19NOS. The molecule has 2 nitrogen and oxygen atoms in total. The molecule has 2 unspecified atom stereocenters. The van der Waals surface area contributed by atoms with E-state index in [4.69, 9.17) is 4.74 Å². The van der Waals surface area contributed by atoms with Gasteiger partial charge < -0.3 is 10.1 Å². The Labute approximate surface area is 102 Å². The smallest absolute Gasteiger partial charge is 0.119 e. The predicted molar refractivity (Wildman–Crippen MR) is 70.3 cm³/mol. The summed E-state index contributed by atoms with van der Waals surface area (Å²) in [7, 11) is 1.72. The van der Waals surface area contributed by atoms with Crippen molar-refractivity contribution in [3.8, 4) is 5.75 Å². The van der Waals surface area contributed by atoms with Gasteiger partial charge in [0.05, 0.1) is 7.11 Å². The van der Waals surface area contributed by atoms with E-state index in [9.17, 15) is 0 Å². The van der Waals surface area contributed by atoms with E-state index >= 15 is 0 Å². The molecule has 2 rings (SSSR count). The Morgan fingerprint density at radius 1 is 1.44 bits per heavy atom. The van der Waals surface area contributed by atoms with Gasteiger partial charge in [0.1, 0.15) is 5.75 Å². The van der Waals surface area contributed by atoms with Gasteiger partial charge in [0.15, 0.2) is 0 Å². The highest BCUT2D eigenvalue weighted by Gasteiger charge is 2.17. The molecule has 16 heavy (non-hydrogen) atoms. The first kappa shape index (κ1) is 11.8. The number of hydrogen-bond acceptors (Lipinski definition) is 3. The average Bonchev–Trinajstić information content (AvgIpc) is 2.54. The number of hydrogen-bond donors (Lipinski definition) is 1. The lowest BCUT2D eigenvalue weighted by Gasteiger charge is -2.16. The Morgan fingerprint density at radius 2 is 2.31 bits per heavy atom. The van der Waals surface area contributed by atoms with Crippen LogP contribution < -0.4 is 10.1 Å². The van der Waals surface area contributed by atoms with Crippen LogP contribution in [0.3, 0.4) is 0 Å². The van der Waals surface area contributed by atoms with Crippen LogP contribution in [0, 0.1) is 0 Å². The highest BCUT2D eigenvalue weighted by molar-refractivity contribution is 7.99. The molecule has 1 aliphatic heterocycles. The van der Waals surface area contributed by atoms with Crippen LogP contribution in [-0.4, -0.2) is 24.7 Å². The Kier molecular flexibility index (Phi) is 4.13. The largest absolute Gasteiger partial charge is 0.497 e. The average molecular weight is 237 g/mol. The van der Waals surface area contributed by atoms with Crippen molar-refractivity contribution in [3.63, 3.8) is 0 Å². The zero-order valence-corrected chi connectivity index (χ0v) is 10.7. The van der Waals surface area contributed by atoms with E-state index in [2.05, 4.69) is 42.2 Å². The van der Waals surface area contributed by atoms with Crippen molar-refractivity contribution in [2.75, 3.05) is 19.4 Å². The summed E-state index contributed by atoms with van der Waals surface area (Å²) in [6.45, 7) is 3.41. The van der Waals surface area contributed by atoms with E-state index in [-0.39, 0.29) is 0 Å². The second-order valence-electron chi connectivity index (χ2n) is 4.22. The maximum atomic E-state index is 5.26. The maximum Gasteiger partial charge on any atom is 0.119 e. The first-order valence-electron chi connectivity index (χ1n) is 5.78. The van der Waals surface area contributed by atoms with Gasteiger partial charge in [-0.3, -0.25) is 0 Å². The Bertz CT molecular complexity index is 342. The molecule has 0 radical (unpaired) electrons. The van der Waals surface area contributed by atoms with Gasteiger partial charge in [-0.2, -0.15) is 11.8 Å². The fourth-order valence-corrected chi connectivity index (χ4v) is 3.05. The summed E-state index contributed by atoms with van der Waals surface area (Å²) in [6.07, 6.45) is 1.26. The summed E-state index contributed by atoms with van der Waals surface area (Å²) < 4.78 is 5.26. The Balaban J connectivity index is 2.10. The van der Waals surface area contributed by atoms with E-state index in [1.54, 1.807) is 7.11 Å². The molecule has 88 valence electrons. The van der Waals surface area contributed by atoms with E-state index < -0.39 is 0 Å². The minimum absolute atomic E-state index is 0.463. The lowest BCUT2D eigenvalue weighted by atomic mass is 10.1. The lowest BCUT2D eigenvalue weighted by molar-refractivity contribution is 0.413. The molecule has 3 heteroatoms. The zero-order chi connectivity index (χ0) is 11.4. The molecule has 1 aromatic carbocycles. The molecule has 1 aromatic rings. The quantitative estimate of drug-likeness (QED) is 0.854. The third-order valence-electron chi connectivity index (χ3n) is 2.99. The number of rotatable bonds is 2. The minimum atomic E-state index is 0.463. The third kappa shape index (κ3) is 2.92. The van der Waals surface area contributed by atoms with Gasteiger partial charge >= 0.3 is 0 Å². The molecule has 1 saturated heterocycles. The van der Waals surface area contributed by atoms with Crippen LogP contribution in [0.25, 0.3) is 0 Å². The molecular weight excluding hydrogens is 218 g/mol. The second kappa shape index (κ2) is 5.60. The number of methoxy groups -OCH3 is 1. The normalized spacial score (nSPS) is 26.1. The molecule has 0 amide bonds. The maximum absolute atomic E-state index is 5.26. The Morgan fingerprint density at radius 3 is 3.12 bits per heavy atom. The number of ether oxygens (including phenoxy) is 1. The van der Waals surface area contributed by atoms with Crippen LogP contribution in [0.1, 0.15) is 24.9 Å². The van der Waals surface area contributed by atoms with E-state index in [1.165, 1.54) is 12.0 Å². The summed E-state index contributed by atoms with van der Waals surface area (Å²) >= 11 is 2.05. The van der Waals surface area contributed by atoms with Crippen LogP contribution in [-0.2, 0) is 0 Å². The lowest BCUT2D eigenvalue weighted by Crippen LogP contribution is -2.22. The fraction of sp³-hybridized carbons (Fsp3) is 0.538. The number of benzene rings is 1. The highest BCUT2D eigenvalue weighted by atomic mass is 32.2. The monoisotopic (exact) mass is 237 g/mol. The van der Waals surface area contributed by atoms with Crippen LogP contribution in [0.15, 0.2) is 24.3 Å². The topological polar surface area (TPSA) is 21.3 Å². The van der Waals surface area contributed by atoms with Crippen LogP contribution >= 0.6 is 11.8 Å². The van der Waals surface area contributed by atoms with Gasteiger partial charge in [-0.15, -0.1) is 0 Å². The first-order valence-corrected chi connectivity index (χ1v) is 6.83. The summed E-state index contributed by atoms with van der Waals surface area (Å²) in [4.78, 5) is 0. The van der Waals surface area contributed by atoms with Gasteiger partial charge in [0.25, 0.3) is 0 Å². The second-order valence-corrected chi connectivity index (χ2v) is 5.69. The molecule has 1 N–H and O–H groups in total. The molecule has 1 heterocycles. The minimum Gasteiger partial charge on any atom is -0.497 e. The summed E-state index contributed by atoms with van der Waals surface area (Å²) in [5.74, 6) is 2.09. The van der Waals surface area contributed by atoms with E-state index in [0.717, 1.165) is 23.3 Å². The molecule has 0 saturated carbocycles. The van der Waals surface area contributed by atoms with Crippen molar-refractivity contribution in [2.24, 2.45) is 0 Å². The molecule has 2 atom stereocenters. The molecule has 0 aromatic heterocycles. The predicted octanol–water partition coefficient (Wildman–Crippen LogP) is 2.85. The molecule has 1 aliphatic rings. The van der Waals surface area contributed by atoms with E-state index in [1.807, 2.05) is 6.07 Å². The highest BCUT2D eigenvalue weighted by Crippen LogP contribution is 2.27. The van der Waals surface area contributed by atoms with Gasteiger partial charge in [-0.1, -0.05) is 19.1 Å². The molecule has 1 fully saturated rings. The number of thioether (sulfide) groups is 1. The molecule has 0 spiro atoms. The van der Waals surface area contributed by atoms with Crippen molar-refractivity contribution >= 4 is 11.8 Å². The third-order valence-corrected chi connectivity index (χ3v) is 4.32. The SMILES string of the molecule is COc1cccc(C2CSC(C)CCN2)c1. The number of nitrogens with one attached hydrogen (secondary N) is 1. The summed E-state index contributed by atoms with van der Waals surface area (Å²) in [5, 5.41) is 4.37. The van der Waals surface area contributed by atoms with Crippen molar-refractivity contribution in [3.05, 3.63) is 29.8 Å². The van der Waals surface area contributed by atoms with Crippen LogP contribution in [0.2, 0.25) is 0 Å². The standard InChI is InChI=1S/C13H19NOS/c1-10-6-7-14-13(9-16-10)11-4-3-5-12(8-11)15-2/h3-5,8,10,13-14H,6-7,9H2,1-2H3. The van der Waals surface area contributed by atoms with Crippen molar-refractivity contribution < 1.29 is 4.74 Å².